The summed E-state index contributed by atoms with van der Waals surface area (Å²) in [5.41, 5.74) is 2.07. The quantitative estimate of drug-likeness (QED) is 0.800. The molecule has 0 aliphatic rings. The van der Waals surface area contributed by atoms with E-state index in [1.807, 2.05) is 23.9 Å². The summed E-state index contributed by atoms with van der Waals surface area (Å²) in [7, 11) is 0. The fraction of sp³-hybridized carbons (Fsp3) is 0.357. The second kappa shape index (κ2) is 5.20. The van der Waals surface area contributed by atoms with E-state index in [9.17, 15) is 0 Å². The Bertz CT molecular complexity index is 743. The molecule has 6 heteroatoms. The van der Waals surface area contributed by atoms with Gasteiger partial charge < -0.3 is 5.32 Å². The number of aromatic nitrogens is 4. The van der Waals surface area contributed by atoms with Crippen molar-refractivity contribution in [1.82, 2.24) is 19.7 Å². The van der Waals surface area contributed by atoms with Crippen LogP contribution in [0.1, 0.15) is 24.7 Å². The lowest BCUT2D eigenvalue weighted by atomic mass is 10.3. The molecule has 0 amide bonds. The van der Waals surface area contributed by atoms with Crippen LogP contribution in [0.25, 0.3) is 16.0 Å². The van der Waals surface area contributed by atoms with Crippen molar-refractivity contribution in [3.05, 3.63) is 28.9 Å². The Morgan fingerprint density at radius 3 is 2.85 bits per heavy atom. The third-order valence-electron chi connectivity index (χ3n) is 3.05. The number of nitrogens with zero attached hydrogens (tertiary/aromatic N) is 4. The predicted molar refractivity (Wildman–Crippen MR) is 82.8 cm³/mol. The molecule has 1 N–H and O–H groups in total. The highest BCUT2D eigenvalue weighted by Crippen LogP contribution is 2.26. The van der Waals surface area contributed by atoms with Gasteiger partial charge in [-0.05, 0) is 37.8 Å². The molecule has 3 rings (SSSR count). The van der Waals surface area contributed by atoms with Crippen molar-refractivity contribution < 1.29 is 0 Å². The summed E-state index contributed by atoms with van der Waals surface area (Å²) in [5.74, 6) is 1.52. The standard InChI is InChI=1S/C14H17N5S/c1-4-6-15-14-16-12(11-5-7-20-13(11)17-14)19-10(3)8-9(2)18-19/h5,7-8H,4,6H2,1-3H3,(H,15,16,17). The van der Waals surface area contributed by atoms with Crippen LogP contribution in [0, 0.1) is 13.8 Å². The molecule has 0 bridgehead atoms. The van der Waals surface area contributed by atoms with Crippen LogP contribution in [-0.2, 0) is 0 Å². The summed E-state index contributed by atoms with van der Waals surface area (Å²) >= 11 is 1.62. The van der Waals surface area contributed by atoms with E-state index in [0.717, 1.165) is 40.4 Å². The van der Waals surface area contributed by atoms with Gasteiger partial charge in [-0.2, -0.15) is 10.1 Å². The minimum atomic E-state index is 0.671. The van der Waals surface area contributed by atoms with Gasteiger partial charge in [0, 0.05) is 12.2 Å². The smallest absolute Gasteiger partial charge is 0.226 e. The molecule has 3 aromatic rings. The molecule has 0 unspecified atom stereocenters. The van der Waals surface area contributed by atoms with Crippen molar-refractivity contribution in [2.75, 3.05) is 11.9 Å². The van der Waals surface area contributed by atoms with Crippen molar-refractivity contribution in [3.63, 3.8) is 0 Å². The minimum absolute atomic E-state index is 0.671. The van der Waals surface area contributed by atoms with Gasteiger partial charge in [0.1, 0.15) is 4.83 Å². The second-order valence-electron chi connectivity index (χ2n) is 4.78. The second-order valence-corrected chi connectivity index (χ2v) is 5.67. The van der Waals surface area contributed by atoms with Gasteiger partial charge in [-0.25, -0.2) is 9.67 Å². The lowest BCUT2D eigenvalue weighted by Crippen LogP contribution is -2.09. The van der Waals surface area contributed by atoms with E-state index in [-0.39, 0.29) is 0 Å². The Labute approximate surface area is 121 Å². The molecular formula is C14H17N5S. The average Bonchev–Trinajstić information content (AvgIpc) is 3.01. The summed E-state index contributed by atoms with van der Waals surface area (Å²) in [4.78, 5) is 10.2. The Hall–Kier alpha value is -1.95. The highest BCUT2D eigenvalue weighted by Gasteiger charge is 2.13. The molecule has 0 fully saturated rings. The van der Waals surface area contributed by atoms with Gasteiger partial charge in [0.2, 0.25) is 5.95 Å². The number of hydrogen-bond acceptors (Lipinski definition) is 5. The van der Waals surface area contributed by atoms with Gasteiger partial charge in [-0.15, -0.1) is 11.3 Å². The van der Waals surface area contributed by atoms with Crippen molar-refractivity contribution in [3.8, 4) is 5.82 Å². The molecule has 0 aliphatic heterocycles. The van der Waals surface area contributed by atoms with Crippen molar-refractivity contribution in [1.29, 1.82) is 0 Å². The molecule has 0 aliphatic carbocycles. The van der Waals surface area contributed by atoms with Gasteiger partial charge in [0.15, 0.2) is 5.82 Å². The molecule has 20 heavy (non-hydrogen) atoms. The third kappa shape index (κ3) is 2.27. The van der Waals surface area contributed by atoms with Crippen LogP contribution in [0.3, 0.4) is 0 Å². The van der Waals surface area contributed by atoms with Gasteiger partial charge in [0.05, 0.1) is 11.1 Å². The average molecular weight is 287 g/mol. The molecule has 0 radical (unpaired) electrons. The number of nitrogens with one attached hydrogen (secondary N) is 1. The first-order chi connectivity index (χ1) is 9.69. The molecule has 5 nitrogen and oxygen atoms in total. The Morgan fingerprint density at radius 2 is 2.15 bits per heavy atom. The highest BCUT2D eigenvalue weighted by atomic mass is 32.1. The van der Waals surface area contributed by atoms with E-state index in [4.69, 9.17) is 0 Å². The Morgan fingerprint density at radius 1 is 1.30 bits per heavy atom. The van der Waals surface area contributed by atoms with E-state index in [0.29, 0.717) is 5.95 Å². The van der Waals surface area contributed by atoms with Crippen LogP contribution in [0.2, 0.25) is 0 Å². The summed E-state index contributed by atoms with van der Waals surface area (Å²) in [6.07, 6.45) is 1.04. The van der Waals surface area contributed by atoms with Crippen LogP contribution in [0.15, 0.2) is 17.5 Å². The number of anilines is 1. The van der Waals surface area contributed by atoms with Crippen molar-refractivity contribution in [2.24, 2.45) is 0 Å². The molecule has 0 saturated carbocycles. The normalized spacial score (nSPS) is 11.2. The zero-order valence-electron chi connectivity index (χ0n) is 11.8. The molecule has 3 heterocycles. The summed E-state index contributed by atoms with van der Waals surface area (Å²) in [6, 6.07) is 4.11. The van der Waals surface area contributed by atoms with Crippen LogP contribution in [-0.4, -0.2) is 26.3 Å². The fourth-order valence-corrected chi connectivity index (χ4v) is 2.92. The number of rotatable bonds is 4. The number of thiophene rings is 1. The maximum atomic E-state index is 4.64. The van der Waals surface area contributed by atoms with E-state index >= 15 is 0 Å². The zero-order chi connectivity index (χ0) is 14.1. The lowest BCUT2D eigenvalue weighted by Gasteiger charge is -2.08. The Kier molecular flexibility index (Phi) is 3.40. The number of hydrogen-bond donors (Lipinski definition) is 1. The van der Waals surface area contributed by atoms with E-state index in [1.165, 1.54) is 0 Å². The molecular weight excluding hydrogens is 270 g/mol. The summed E-state index contributed by atoms with van der Waals surface area (Å²) in [5, 5.41) is 10.9. The largest absolute Gasteiger partial charge is 0.354 e. The van der Waals surface area contributed by atoms with Crippen LogP contribution < -0.4 is 5.32 Å². The third-order valence-corrected chi connectivity index (χ3v) is 3.85. The van der Waals surface area contributed by atoms with Crippen molar-refractivity contribution >= 4 is 27.5 Å². The lowest BCUT2D eigenvalue weighted by molar-refractivity contribution is 0.809. The van der Waals surface area contributed by atoms with Crippen molar-refractivity contribution in [2.45, 2.75) is 27.2 Å². The van der Waals surface area contributed by atoms with E-state index in [1.54, 1.807) is 11.3 Å². The first kappa shape index (κ1) is 13.1. The molecule has 104 valence electrons. The van der Waals surface area contributed by atoms with Gasteiger partial charge in [-0.3, -0.25) is 0 Å². The summed E-state index contributed by atoms with van der Waals surface area (Å²) in [6.45, 7) is 7.03. The number of fused-ring (bicyclic) bond motifs is 1. The zero-order valence-corrected chi connectivity index (χ0v) is 12.7. The predicted octanol–water partition coefficient (Wildman–Crippen LogP) is 3.32. The number of aryl methyl sites for hydroxylation is 2. The minimum Gasteiger partial charge on any atom is -0.354 e. The molecule has 0 aromatic carbocycles. The maximum Gasteiger partial charge on any atom is 0.226 e. The Balaban J connectivity index is 2.17. The summed E-state index contributed by atoms with van der Waals surface area (Å²) < 4.78 is 1.89. The SMILES string of the molecule is CCCNc1nc(-n2nc(C)cc2C)c2ccsc2n1. The topological polar surface area (TPSA) is 55.6 Å². The first-order valence-corrected chi connectivity index (χ1v) is 7.59. The fourth-order valence-electron chi connectivity index (χ4n) is 2.16. The molecule has 3 aromatic heterocycles. The van der Waals surface area contributed by atoms with E-state index < -0.39 is 0 Å². The highest BCUT2D eigenvalue weighted by molar-refractivity contribution is 7.16. The van der Waals surface area contributed by atoms with Crippen LogP contribution >= 0.6 is 11.3 Å². The molecule has 0 spiro atoms. The molecule has 0 saturated heterocycles. The first-order valence-electron chi connectivity index (χ1n) is 6.72. The van der Waals surface area contributed by atoms with Gasteiger partial charge in [-0.1, -0.05) is 6.92 Å². The molecule has 0 atom stereocenters. The van der Waals surface area contributed by atoms with Crippen LogP contribution in [0.4, 0.5) is 5.95 Å². The van der Waals surface area contributed by atoms with Crippen LogP contribution in [0.5, 0.6) is 0 Å². The monoisotopic (exact) mass is 287 g/mol. The van der Waals surface area contributed by atoms with Gasteiger partial charge >= 0.3 is 0 Å². The van der Waals surface area contributed by atoms with Gasteiger partial charge in [0.25, 0.3) is 0 Å². The maximum absolute atomic E-state index is 4.64. The van der Waals surface area contributed by atoms with E-state index in [2.05, 4.69) is 39.4 Å².